The molecule has 0 amide bonds. The largest absolute Gasteiger partial charge is 0.383 e. The molecular formula is C15H28N4O2. The molecule has 21 heavy (non-hydrogen) atoms. The van der Waals surface area contributed by atoms with Gasteiger partial charge in [0.2, 0.25) is 5.89 Å². The molecule has 1 aliphatic rings. The Morgan fingerprint density at radius 2 is 2.05 bits per heavy atom. The Kier molecular flexibility index (Phi) is 6.95. The van der Waals surface area contributed by atoms with Gasteiger partial charge in [0.1, 0.15) is 0 Å². The molecule has 1 aromatic rings. The van der Waals surface area contributed by atoms with Gasteiger partial charge < -0.3 is 19.5 Å². The van der Waals surface area contributed by atoms with Gasteiger partial charge in [-0.2, -0.15) is 4.98 Å². The number of aromatic nitrogens is 2. The normalized spacial score (nSPS) is 17.7. The predicted octanol–water partition coefficient (Wildman–Crippen LogP) is 2.01. The van der Waals surface area contributed by atoms with Crippen LogP contribution in [-0.2, 0) is 11.2 Å². The number of rotatable bonds is 8. The van der Waals surface area contributed by atoms with E-state index in [4.69, 9.17) is 9.26 Å². The first-order valence-electron chi connectivity index (χ1n) is 8.13. The second-order valence-corrected chi connectivity index (χ2v) is 5.70. The first kappa shape index (κ1) is 16.2. The second kappa shape index (κ2) is 9.00. The Bertz CT molecular complexity index is 389. The van der Waals surface area contributed by atoms with Crippen molar-refractivity contribution in [3.05, 3.63) is 5.89 Å². The molecule has 0 bridgehead atoms. The fraction of sp³-hybridized carbons (Fsp3) is 0.867. The summed E-state index contributed by atoms with van der Waals surface area (Å²) in [5, 5.41) is 7.60. The van der Waals surface area contributed by atoms with E-state index in [-0.39, 0.29) is 6.04 Å². The van der Waals surface area contributed by atoms with Crippen LogP contribution in [0.1, 0.15) is 44.9 Å². The molecule has 1 saturated heterocycles. The summed E-state index contributed by atoms with van der Waals surface area (Å²) >= 11 is 0. The second-order valence-electron chi connectivity index (χ2n) is 5.70. The highest BCUT2D eigenvalue weighted by Gasteiger charge is 2.18. The molecule has 6 heteroatoms. The van der Waals surface area contributed by atoms with Gasteiger partial charge in [-0.1, -0.05) is 19.8 Å². The molecule has 1 unspecified atom stereocenters. The molecule has 1 N–H and O–H groups in total. The Morgan fingerprint density at radius 1 is 1.29 bits per heavy atom. The van der Waals surface area contributed by atoms with Gasteiger partial charge in [0.15, 0.2) is 0 Å². The van der Waals surface area contributed by atoms with E-state index < -0.39 is 0 Å². The SMILES string of the molecule is CCCNC(COC)Cc1nc(N2CCCCCC2)no1. The maximum Gasteiger partial charge on any atom is 0.266 e. The van der Waals surface area contributed by atoms with Crippen molar-refractivity contribution in [3.8, 4) is 0 Å². The van der Waals surface area contributed by atoms with Crippen LogP contribution in [0.15, 0.2) is 4.52 Å². The zero-order valence-corrected chi connectivity index (χ0v) is 13.3. The van der Waals surface area contributed by atoms with Crippen LogP contribution < -0.4 is 10.2 Å². The van der Waals surface area contributed by atoms with E-state index in [1.54, 1.807) is 7.11 Å². The molecule has 0 aliphatic carbocycles. The monoisotopic (exact) mass is 296 g/mol. The van der Waals surface area contributed by atoms with E-state index in [0.717, 1.165) is 32.0 Å². The third kappa shape index (κ3) is 5.28. The lowest BCUT2D eigenvalue weighted by Gasteiger charge is -2.17. The maximum absolute atomic E-state index is 5.42. The van der Waals surface area contributed by atoms with Crippen LogP contribution in [0.5, 0.6) is 0 Å². The van der Waals surface area contributed by atoms with Gasteiger partial charge in [0.05, 0.1) is 6.61 Å². The summed E-state index contributed by atoms with van der Waals surface area (Å²) in [6.45, 7) is 5.85. The summed E-state index contributed by atoms with van der Waals surface area (Å²) in [4.78, 5) is 6.80. The highest BCUT2D eigenvalue weighted by Crippen LogP contribution is 2.16. The van der Waals surface area contributed by atoms with Crippen molar-refractivity contribution in [3.63, 3.8) is 0 Å². The number of methoxy groups -OCH3 is 1. The fourth-order valence-corrected chi connectivity index (χ4v) is 2.68. The van der Waals surface area contributed by atoms with Crippen LogP contribution in [0, 0.1) is 0 Å². The molecular weight excluding hydrogens is 268 g/mol. The van der Waals surface area contributed by atoms with Gasteiger partial charge in [-0.15, -0.1) is 0 Å². The van der Waals surface area contributed by atoms with Crippen LogP contribution in [0.2, 0.25) is 0 Å². The van der Waals surface area contributed by atoms with Crippen molar-refractivity contribution in [1.82, 2.24) is 15.5 Å². The lowest BCUT2D eigenvalue weighted by molar-refractivity contribution is 0.161. The van der Waals surface area contributed by atoms with Crippen molar-refractivity contribution in [1.29, 1.82) is 0 Å². The van der Waals surface area contributed by atoms with Gasteiger partial charge in [0, 0.05) is 32.7 Å². The summed E-state index contributed by atoms with van der Waals surface area (Å²) in [7, 11) is 1.72. The third-order valence-electron chi connectivity index (χ3n) is 3.82. The topological polar surface area (TPSA) is 63.4 Å². The van der Waals surface area contributed by atoms with Crippen LogP contribution in [0.25, 0.3) is 0 Å². The average molecular weight is 296 g/mol. The molecule has 0 aromatic carbocycles. The van der Waals surface area contributed by atoms with E-state index in [1.807, 2.05) is 0 Å². The molecule has 1 fully saturated rings. The molecule has 2 heterocycles. The van der Waals surface area contributed by atoms with Crippen molar-refractivity contribution >= 4 is 5.95 Å². The quantitative estimate of drug-likeness (QED) is 0.791. The lowest BCUT2D eigenvalue weighted by atomic mass is 10.2. The highest BCUT2D eigenvalue weighted by molar-refractivity contribution is 5.27. The first-order chi connectivity index (χ1) is 10.3. The van der Waals surface area contributed by atoms with E-state index in [2.05, 4.69) is 27.3 Å². The third-order valence-corrected chi connectivity index (χ3v) is 3.82. The number of ether oxygens (including phenoxy) is 1. The van der Waals surface area contributed by atoms with Crippen molar-refractivity contribution in [2.45, 2.75) is 51.5 Å². The Hall–Kier alpha value is -1.14. The maximum atomic E-state index is 5.42. The van der Waals surface area contributed by atoms with Crippen LogP contribution in [0.3, 0.4) is 0 Å². The average Bonchev–Trinajstić information content (AvgIpc) is 2.78. The fourth-order valence-electron chi connectivity index (χ4n) is 2.68. The van der Waals surface area contributed by atoms with E-state index in [9.17, 15) is 0 Å². The molecule has 6 nitrogen and oxygen atoms in total. The number of anilines is 1. The van der Waals surface area contributed by atoms with E-state index >= 15 is 0 Å². The van der Waals surface area contributed by atoms with Gasteiger partial charge in [0.25, 0.3) is 5.95 Å². The zero-order valence-electron chi connectivity index (χ0n) is 13.3. The molecule has 120 valence electrons. The zero-order chi connectivity index (χ0) is 14.9. The highest BCUT2D eigenvalue weighted by atomic mass is 16.5. The molecule has 0 saturated carbocycles. The van der Waals surface area contributed by atoms with Gasteiger partial charge in [-0.3, -0.25) is 0 Å². The van der Waals surface area contributed by atoms with Crippen LogP contribution in [0.4, 0.5) is 5.95 Å². The summed E-state index contributed by atoms with van der Waals surface area (Å²) < 4.78 is 10.7. The molecule has 1 aliphatic heterocycles. The van der Waals surface area contributed by atoms with Crippen molar-refractivity contribution in [2.75, 3.05) is 38.3 Å². The van der Waals surface area contributed by atoms with E-state index in [0.29, 0.717) is 18.9 Å². The minimum Gasteiger partial charge on any atom is -0.383 e. The molecule has 1 atom stereocenters. The van der Waals surface area contributed by atoms with Crippen LogP contribution >= 0.6 is 0 Å². The summed E-state index contributed by atoms with van der Waals surface area (Å²) in [5.41, 5.74) is 0. The van der Waals surface area contributed by atoms with Crippen molar-refractivity contribution < 1.29 is 9.26 Å². The molecule has 2 rings (SSSR count). The standard InChI is InChI=1S/C15H28N4O2/c1-3-8-16-13(12-20-2)11-14-17-15(18-21-14)19-9-6-4-5-7-10-19/h13,16H,3-12H2,1-2H3. The van der Waals surface area contributed by atoms with Crippen LogP contribution in [-0.4, -0.2) is 49.5 Å². The Balaban J connectivity index is 1.90. The number of hydrogen-bond donors (Lipinski definition) is 1. The number of hydrogen-bond acceptors (Lipinski definition) is 6. The van der Waals surface area contributed by atoms with Crippen molar-refractivity contribution in [2.24, 2.45) is 0 Å². The summed E-state index contributed by atoms with van der Waals surface area (Å²) in [5.74, 6) is 1.44. The van der Waals surface area contributed by atoms with E-state index in [1.165, 1.54) is 25.7 Å². The Labute approximate surface area is 127 Å². The smallest absolute Gasteiger partial charge is 0.266 e. The molecule has 0 radical (unpaired) electrons. The lowest BCUT2D eigenvalue weighted by Crippen LogP contribution is -2.35. The minimum absolute atomic E-state index is 0.229. The minimum atomic E-state index is 0.229. The molecule has 1 aromatic heterocycles. The van der Waals surface area contributed by atoms with Gasteiger partial charge in [-0.05, 0) is 31.0 Å². The number of nitrogens with zero attached hydrogens (tertiary/aromatic N) is 3. The predicted molar refractivity (Wildman–Crippen MR) is 82.6 cm³/mol. The van der Waals surface area contributed by atoms with Gasteiger partial charge >= 0.3 is 0 Å². The molecule has 0 spiro atoms. The Morgan fingerprint density at radius 3 is 2.71 bits per heavy atom. The summed E-state index contributed by atoms with van der Waals surface area (Å²) in [6, 6.07) is 0.229. The van der Waals surface area contributed by atoms with Gasteiger partial charge in [-0.25, -0.2) is 0 Å². The first-order valence-corrected chi connectivity index (χ1v) is 8.13. The summed E-state index contributed by atoms with van der Waals surface area (Å²) in [6.07, 6.45) is 6.86. The number of nitrogens with one attached hydrogen (secondary N) is 1.